The van der Waals surface area contributed by atoms with Crippen LogP contribution in [0.15, 0.2) is 12.4 Å². The molecule has 1 unspecified atom stereocenters. The Morgan fingerprint density at radius 2 is 0.553 bits per heavy atom. The number of rotatable bonds is 30. The van der Waals surface area contributed by atoms with Gasteiger partial charge >= 0.3 is 0 Å². The van der Waals surface area contributed by atoms with Crippen molar-refractivity contribution in [2.75, 3.05) is 13.1 Å². The fraction of sp³-hybridized carbons (Fsp3) is 0.944. The first kappa shape index (κ1) is 35.4. The van der Waals surface area contributed by atoms with Crippen molar-refractivity contribution in [2.45, 2.75) is 207 Å². The summed E-state index contributed by atoms with van der Waals surface area (Å²) < 4.78 is 0. The Morgan fingerprint density at radius 1 is 0.342 bits per heavy atom. The van der Waals surface area contributed by atoms with Crippen molar-refractivity contribution in [1.82, 2.24) is 9.80 Å². The minimum atomic E-state index is 0.569. The van der Waals surface area contributed by atoms with Gasteiger partial charge in [0.1, 0.15) is 0 Å². The normalized spacial score (nSPS) is 15.3. The summed E-state index contributed by atoms with van der Waals surface area (Å²) in [6, 6.07) is 0. The molecule has 0 radical (unpaired) electrons. The summed E-state index contributed by atoms with van der Waals surface area (Å²) in [7, 11) is 0. The first-order valence-corrected chi connectivity index (χ1v) is 18.0. The lowest BCUT2D eigenvalue weighted by molar-refractivity contribution is 0.165. The van der Waals surface area contributed by atoms with Gasteiger partial charge in [-0.3, -0.25) is 0 Å². The lowest BCUT2D eigenvalue weighted by atomic mass is 10.0. The van der Waals surface area contributed by atoms with E-state index in [4.69, 9.17) is 0 Å². The molecule has 0 saturated carbocycles. The third-order valence-corrected chi connectivity index (χ3v) is 8.95. The van der Waals surface area contributed by atoms with E-state index in [2.05, 4.69) is 43.0 Å². The summed E-state index contributed by atoms with van der Waals surface area (Å²) in [5.74, 6) is 0. The highest BCUT2D eigenvalue weighted by Crippen LogP contribution is 2.19. The summed E-state index contributed by atoms with van der Waals surface area (Å²) in [4.78, 5) is 5.14. The zero-order valence-electron chi connectivity index (χ0n) is 26.8. The van der Waals surface area contributed by atoms with E-state index < -0.39 is 0 Å². The summed E-state index contributed by atoms with van der Waals surface area (Å²) in [5.41, 5.74) is 0. The van der Waals surface area contributed by atoms with Crippen LogP contribution in [0, 0.1) is 0 Å². The van der Waals surface area contributed by atoms with Crippen LogP contribution in [0.5, 0.6) is 0 Å². The Morgan fingerprint density at radius 3 is 0.789 bits per heavy atom. The van der Waals surface area contributed by atoms with E-state index in [0.29, 0.717) is 6.17 Å². The zero-order chi connectivity index (χ0) is 27.4. The number of hydrogen-bond acceptors (Lipinski definition) is 2. The number of hydrogen-bond donors (Lipinski definition) is 0. The summed E-state index contributed by atoms with van der Waals surface area (Å²) in [6.45, 7) is 9.49. The molecular weight excluding hydrogens is 460 g/mol. The standard InChI is InChI=1S/C36H72N2/c1-4-6-8-10-12-14-16-17-18-19-20-21-23-25-27-29-31-33-38-35-34-37(36(38)3)32-30-28-26-24-22-15-13-11-9-7-5-2/h34-36H,4-33H2,1-3H3. The monoisotopic (exact) mass is 533 g/mol. The van der Waals surface area contributed by atoms with Crippen LogP contribution >= 0.6 is 0 Å². The first-order chi connectivity index (χ1) is 18.8. The van der Waals surface area contributed by atoms with Crippen LogP contribution in [0.4, 0.5) is 0 Å². The van der Waals surface area contributed by atoms with Crippen molar-refractivity contribution in [3.05, 3.63) is 12.4 Å². The highest BCUT2D eigenvalue weighted by molar-refractivity contribution is 4.95. The Kier molecular flexibility index (Phi) is 26.0. The van der Waals surface area contributed by atoms with Gasteiger partial charge in [-0.2, -0.15) is 0 Å². The lowest BCUT2D eigenvalue weighted by Gasteiger charge is -2.30. The molecule has 1 heterocycles. The molecule has 0 saturated heterocycles. The fourth-order valence-corrected chi connectivity index (χ4v) is 6.11. The second kappa shape index (κ2) is 27.9. The summed E-state index contributed by atoms with van der Waals surface area (Å²) >= 11 is 0. The van der Waals surface area contributed by atoms with Gasteiger partial charge in [0.25, 0.3) is 0 Å². The van der Waals surface area contributed by atoms with Gasteiger partial charge in [0.15, 0.2) is 0 Å². The van der Waals surface area contributed by atoms with Crippen LogP contribution in [0.3, 0.4) is 0 Å². The molecule has 0 aromatic carbocycles. The van der Waals surface area contributed by atoms with E-state index in [1.165, 1.54) is 193 Å². The van der Waals surface area contributed by atoms with Gasteiger partial charge < -0.3 is 9.80 Å². The number of nitrogens with zero attached hydrogens (tertiary/aromatic N) is 2. The third kappa shape index (κ3) is 21.2. The van der Waals surface area contributed by atoms with E-state index in [1.54, 1.807) is 0 Å². The van der Waals surface area contributed by atoms with Crippen LogP contribution in [0.25, 0.3) is 0 Å². The van der Waals surface area contributed by atoms with E-state index >= 15 is 0 Å². The van der Waals surface area contributed by atoms with Crippen molar-refractivity contribution < 1.29 is 0 Å². The van der Waals surface area contributed by atoms with Gasteiger partial charge in [-0.05, 0) is 19.8 Å². The van der Waals surface area contributed by atoms with Crippen molar-refractivity contribution >= 4 is 0 Å². The fourth-order valence-electron chi connectivity index (χ4n) is 6.11. The van der Waals surface area contributed by atoms with Gasteiger partial charge in [-0.25, -0.2) is 0 Å². The minimum absolute atomic E-state index is 0.569. The average molecular weight is 533 g/mol. The summed E-state index contributed by atoms with van der Waals surface area (Å²) in [5, 5.41) is 0. The molecule has 38 heavy (non-hydrogen) atoms. The van der Waals surface area contributed by atoms with Crippen molar-refractivity contribution in [1.29, 1.82) is 0 Å². The van der Waals surface area contributed by atoms with E-state index in [1.807, 2.05) is 0 Å². The highest BCUT2D eigenvalue weighted by atomic mass is 15.4. The molecule has 0 N–H and O–H groups in total. The molecule has 1 aliphatic rings. The van der Waals surface area contributed by atoms with Gasteiger partial charge in [-0.15, -0.1) is 0 Å². The van der Waals surface area contributed by atoms with Crippen LogP contribution in [0.2, 0.25) is 0 Å². The molecule has 0 fully saturated rings. The first-order valence-electron chi connectivity index (χ1n) is 18.0. The minimum Gasteiger partial charge on any atom is -0.356 e. The number of unbranched alkanes of at least 4 members (excludes halogenated alkanes) is 26. The zero-order valence-corrected chi connectivity index (χ0v) is 26.8. The molecule has 0 spiro atoms. The van der Waals surface area contributed by atoms with Crippen LogP contribution in [-0.2, 0) is 0 Å². The SMILES string of the molecule is CCCCCCCCCCCCCCCCCCCN1C=CN(CCCCCCCCCCCCC)C1C. The maximum atomic E-state index is 2.57. The van der Waals surface area contributed by atoms with E-state index in [9.17, 15) is 0 Å². The average Bonchev–Trinajstić information content (AvgIpc) is 3.27. The quantitative estimate of drug-likeness (QED) is 0.0848. The molecule has 0 amide bonds. The molecule has 2 nitrogen and oxygen atoms in total. The van der Waals surface area contributed by atoms with Gasteiger partial charge in [0, 0.05) is 25.5 Å². The summed E-state index contributed by atoms with van der Waals surface area (Å²) in [6.07, 6.45) is 45.7. The predicted octanol–water partition coefficient (Wildman–Crippen LogP) is 12.4. The lowest BCUT2D eigenvalue weighted by Crippen LogP contribution is -2.36. The second-order valence-corrected chi connectivity index (χ2v) is 12.6. The third-order valence-electron chi connectivity index (χ3n) is 8.95. The van der Waals surface area contributed by atoms with Gasteiger partial charge in [0.05, 0.1) is 6.17 Å². The van der Waals surface area contributed by atoms with Gasteiger partial charge in [-0.1, -0.05) is 181 Å². The van der Waals surface area contributed by atoms with Crippen LogP contribution < -0.4 is 0 Å². The Bertz CT molecular complexity index is 488. The molecule has 0 aliphatic carbocycles. The van der Waals surface area contributed by atoms with Crippen molar-refractivity contribution in [2.24, 2.45) is 0 Å². The maximum absolute atomic E-state index is 2.57. The molecule has 1 rings (SSSR count). The smallest absolute Gasteiger partial charge is 0.0977 e. The second-order valence-electron chi connectivity index (χ2n) is 12.6. The van der Waals surface area contributed by atoms with E-state index in [0.717, 1.165) is 0 Å². The molecule has 0 bridgehead atoms. The molecule has 0 aromatic rings. The Balaban J connectivity index is 1.81. The van der Waals surface area contributed by atoms with Crippen molar-refractivity contribution in [3.8, 4) is 0 Å². The highest BCUT2D eigenvalue weighted by Gasteiger charge is 2.20. The van der Waals surface area contributed by atoms with Crippen LogP contribution in [0.1, 0.15) is 201 Å². The largest absolute Gasteiger partial charge is 0.356 e. The molecule has 1 atom stereocenters. The molecule has 226 valence electrons. The van der Waals surface area contributed by atoms with E-state index in [-0.39, 0.29) is 0 Å². The Hall–Kier alpha value is -0.660. The van der Waals surface area contributed by atoms with Gasteiger partial charge in [0.2, 0.25) is 0 Å². The molecule has 0 aromatic heterocycles. The topological polar surface area (TPSA) is 6.48 Å². The molecule has 2 heteroatoms. The predicted molar refractivity (Wildman–Crippen MR) is 173 cm³/mol. The molecule has 1 aliphatic heterocycles. The van der Waals surface area contributed by atoms with Crippen LogP contribution in [-0.4, -0.2) is 29.1 Å². The van der Waals surface area contributed by atoms with Crippen molar-refractivity contribution in [3.63, 3.8) is 0 Å². The maximum Gasteiger partial charge on any atom is 0.0977 e. The Labute approximate surface area is 241 Å². The molecular formula is C36H72N2.